The van der Waals surface area contributed by atoms with E-state index in [-0.39, 0.29) is 0 Å². The number of nitrogen functional groups attached to an aromatic ring is 2. The van der Waals surface area contributed by atoms with Crippen molar-refractivity contribution in [2.75, 3.05) is 36.2 Å². The van der Waals surface area contributed by atoms with Crippen molar-refractivity contribution in [3.05, 3.63) is 36.4 Å². The molecule has 4 nitrogen and oxygen atoms in total. The molecule has 0 aliphatic rings. The van der Waals surface area contributed by atoms with E-state index in [0.717, 1.165) is 44.3 Å². The standard InChI is InChI=1S/C16H18N4/c1-19-15-7-11-3-10-6-14(18)16(20-2)8-12(10)4-9(11)5-13(15)17/h3-8,19-20H,17-18H2,1-2H3. The monoisotopic (exact) mass is 266 g/mol. The molecule has 102 valence electrons. The lowest BCUT2D eigenvalue weighted by atomic mass is 10.0. The van der Waals surface area contributed by atoms with Crippen LogP contribution in [0.1, 0.15) is 0 Å². The Hall–Kier alpha value is -2.62. The number of rotatable bonds is 2. The Morgan fingerprint density at radius 3 is 1.30 bits per heavy atom. The van der Waals surface area contributed by atoms with Gasteiger partial charge in [-0.3, -0.25) is 0 Å². The van der Waals surface area contributed by atoms with Gasteiger partial charge in [0.2, 0.25) is 0 Å². The third kappa shape index (κ3) is 1.86. The minimum atomic E-state index is 0.753. The Morgan fingerprint density at radius 2 is 0.950 bits per heavy atom. The van der Waals surface area contributed by atoms with Gasteiger partial charge in [0, 0.05) is 14.1 Å². The van der Waals surface area contributed by atoms with E-state index in [1.54, 1.807) is 0 Å². The topological polar surface area (TPSA) is 76.1 Å². The van der Waals surface area contributed by atoms with Gasteiger partial charge in [-0.05, 0) is 57.9 Å². The van der Waals surface area contributed by atoms with Crippen molar-refractivity contribution < 1.29 is 0 Å². The molecule has 0 fully saturated rings. The first kappa shape index (κ1) is 12.4. The van der Waals surface area contributed by atoms with Crippen LogP contribution in [0.15, 0.2) is 36.4 Å². The fraction of sp³-hybridized carbons (Fsp3) is 0.125. The van der Waals surface area contributed by atoms with E-state index in [1.807, 2.05) is 26.2 Å². The van der Waals surface area contributed by atoms with E-state index >= 15 is 0 Å². The molecule has 3 rings (SSSR count). The molecule has 0 atom stereocenters. The van der Waals surface area contributed by atoms with E-state index in [9.17, 15) is 0 Å². The summed E-state index contributed by atoms with van der Waals surface area (Å²) in [5.74, 6) is 0. The average Bonchev–Trinajstić information content (AvgIpc) is 2.44. The summed E-state index contributed by atoms with van der Waals surface area (Å²) >= 11 is 0. The van der Waals surface area contributed by atoms with Crippen LogP contribution in [0.3, 0.4) is 0 Å². The average molecular weight is 266 g/mol. The second-order valence-electron chi connectivity index (χ2n) is 4.93. The van der Waals surface area contributed by atoms with E-state index in [1.165, 1.54) is 0 Å². The zero-order chi connectivity index (χ0) is 14.3. The predicted octanol–water partition coefficient (Wildman–Crippen LogP) is 3.24. The second kappa shape index (κ2) is 4.49. The summed E-state index contributed by atoms with van der Waals surface area (Å²) < 4.78 is 0. The smallest absolute Gasteiger partial charge is 0.0577 e. The molecular weight excluding hydrogens is 248 g/mol. The van der Waals surface area contributed by atoms with Crippen molar-refractivity contribution >= 4 is 44.3 Å². The molecule has 3 aromatic rings. The zero-order valence-corrected chi connectivity index (χ0v) is 11.6. The highest BCUT2D eigenvalue weighted by molar-refractivity contribution is 6.03. The van der Waals surface area contributed by atoms with Gasteiger partial charge in [0.05, 0.1) is 22.7 Å². The Kier molecular flexibility index (Phi) is 2.79. The van der Waals surface area contributed by atoms with Crippen LogP contribution >= 0.6 is 0 Å². The zero-order valence-electron chi connectivity index (χ0n) is 11.6. The SMILES string of the molecule is CNc1cc2cc3cc(N)c(NC)cc3cc2cc1N. The molecule has 4 heteroatoms. The fourth-order valence-corrected chi connectivity index (χ4v) is 2.57. The number of fused-ring (bicyclic) bond motifs is 2. The summed E-state index contributed by atoms with van der Waals surface area (Å²) in [6, 6.07) is 12.4. The molecule has 0 radical (unpaired) electrons. The Labute approximate surface area is 117 Å². The number of nitrogens with one attached hydrogen (secondary N) is 2. The van der Waals surface area contributed by atoms with E-state index in [2.05, 4.69) is 34.9 Å². The fourth-order valence-electron chi connectivity index (χ4n) is 2.57. The summed E-state index contributed by atoms with van der Waals surface area (Å²) in [4.78, 5) is 0. The summed E-state index contributed by atoms with van der Waals surface area (Å²) in [6.07, 6.45) is 0. The Morgan fingerprint density at radius 1 is 0.600 bits per heavy atom. The van der Waals surface area contributed by atoms with Gasteiger partial charge < -0.3 is 22.1 Å². The van der Waals surface area contributed by atoms with Gasteiger partial charge in [0.15, 0.2) is 0 Å². The summed E-state index contributed by atoms with van der Waals surface area (Å²) in [7, 11) is 3.74. The van der Waals surface area contributed by atoms with Gasteiger partial charge in [-0.25, -0.2) is 0 Å². The predicted molar refractivity (Wildman–Crippen MR) is 89.4 cm³/mol. The molecule has 0 saturated carbocycles. The Bertz CT molecular complexity index is 739. The van der Waals surface area contributed by atoms with Crippen LogP contribution in [0, 0.1) is 0 Å². The lowest BCUT2D eigenvalue weighted by molar-refractivity contribution is 1.52. The van der Waals surface area contributed by atoms with Gasteiger partial charge in [-0.15, -0.1) is 0 Å². The van der Waals surface area contributed by atoms with E-state index in [4.69, 9.17) is 11.5 Å². The van der Waals surface area contributed by atoms with E-state index in [0.29, 0.717) is 0 Å². The van der Waals surface area contributed by atoms with Crippen molar-refractivity contribution in [3.8, 4) is 0 Å². The molecule has 0 heterocycles. The summed E-state index contributed by atoms with van der Waals surface area (Å²) in [5, 5.41) is 10.8. The first-order valence-corrected chi connectivity index (χ1v) is 6.54. The van der Waals surface area contributed by atoms with Gasteiger partial charge in [0.25, 0.3) is 0 Å². The number of anilines is 4. The van der Waals surface area contributed by atoms with Crippen molar-refractivity contribution in [3.63, 3.8) is 0 Å². The first-order chi connectivity index (χ1) is 9.62. The molecule has 0 aliphatic heterocycles. The number of nitrogens with two attached hydrogens (primary N) is 2. The van der Waals surface area contributed by atoms with Crippen LogP contribution in [-0.4, -0.2) is 14.1 Å². The molecule has 0 aliphatic carbocycles. The molecular formula is C16H18N4. The molecule has 0 saturated heterocycles. The van der Waals surface area contributed by atoms with E-state index < -0.39 is 0 Å². The van der Waals surface area contributed by atoms with Crippen molar-refractivity contribution in [1.29, 1.82) is 0 Å². The Balaban J connectivity index is 2.34. The highest BCUT2D eigenvalue weighted by Gasteiger charge is 2.05. The third-order valence-electron chi connectivity index (χ3n) is 3.67. The quantitative estimate of drug-likeness (QED) is 0.424. The minimum Gasteiger partial charge on any atom is -0.397 e. The van der Waals surface area contributed by atoms with Crippen molar-refractivity contribution in [2.24, 2.45) is 0 Å². The molecule has 0 amide bonds. The van der Waals surface area contributed by atoms with Gasteiger partial charge in [-0.2, -0.15) is 0 Å². The van der Waals surface area contributed by atoms with Crippen LogP contribution in [0.25, 0.3) is 21.5 Å². The van der Waals surface area contributed by atoms with Gasteiger partial charge in [-0.1, -0.05) is 0 Å². The minimum absolute atomic E-state index is 0.753. The third-order valence-corrected chi connectivity index (χ3v) is 3.67. The van der Waals surface area contributed by atoms with Crippen LogP contribution in [-0.2, 0) is 0 Å². The van der Waals surface area contributed by atoms with Crippen LogP contribution in [0.4, 0.5) is 22.7 Å². The maximum absolute atomic E-state index is 6.03. The van der Waals surface area contributed by atoms with Gasteiger partial charge >= 0.3 is 0 Å². The maximum atomic E-state index is 6.03. The first-order valence-electron chi connectivity index (χ1n) is 6.54. The lowest BCUT2D eigenvalue weighted by Crippen LogP contribution is -1.96. The van der Waals surface area contributed by atoms with Crippen LogP contribution < -0.4 is 22.1 Å². The van der Waals surface area contributed by atoms with Crippen molar-refractivity contribution in [2.45, 2.75) is 0 Å². The molecule has 0 unspecified atom stereocenters. The molecule has 0 spiro atoms. The normalized spacial score (nSPS) is 10.9. The molecule has 0 aromatic heterocycles. The number of hydrogen-bond acceptors (Lipinski definition) is 4. The van der Waals surface area contributed by atoms with Crippen LogP contribution in [0.2, 0.25) is 0 Å². The van der Waals surface area contributed by atoms with Crippen molar-refractivity contribution in [1.82, 2.24) is 0 Å². The number of hydrogen-bond donors (Lipinski definition) is 4. The molecule has 20 heavy (non-hydrogen) atoms. The second-order valence-corrected chi connectivity index (χ2v) is 4.93. The highest BCUT2D eigenvalue weighted by Crippen LogP contribution is 2.32. The molecule has 6 N–H and O–H groups in total. The molecule has 0 bridgehead atoms. The summed E-state index contributed by atoms with van der Waals surface area (Å²) in [6.45, 7) is 0. The maximum Gasteiger partial charge on any atom is 0.0577 e. The highest BCUT2D eigenvalue weighted by atomic mass is 14.9. The van der Waals surface area contributed by atoms with Gasteiger partial charge in [0.1, 0.15) is 0 Å². The number of benzene rings is 3. The lowest BCUT2D eigenvalue weighted by Gasteiger charge is -2.11. The summed E-state index contributed by atoms with van der Waals surface area (Å²) in [5.41, 5.74) is 15.4. The molecule has 3 aromatic carbocycles. The van der Waals surface area contributed by atoms with Crippen LogP contribution in [0.5, 0.6) is 0 Å². The largest absolute Gasteiger partial charge is 0.397 e.